The van der Waals surface area contributed by atoms with E-state index < -0.39 is 15.9 Å². The van der Waals surface area contributed by atoms with Crippen LogP contribution in [-0.4, -0.2) is 21.4 Å². The number of aryl methyl sites for hydroxylation is 1. The van der Waals surface area contributed by atoms with Crippen molar-refractivity contribution < 1.29 is 17.9 Å². The average molecular weight is 320 g/mol. The quantitative estimate of drug-likeness (QED) is 0.879. The first-order valence-corrected chi connectivity index (χ1v) is 7.90. The van der Waals surface area contributed by atoms with E-state index in [9.17, 15) is 13.2 Å². The van der Waals surface area contributed by atoms with Crippen LogP contribution in [0, 0.1) is 6.92 Å². The molecule has 0 spiro atoms. The second kappa shape index (κ2) is 6.07. The average Bonchev–Trinajstić information content (AvgIpc) is 2.46. The van der Waals surface area contributed by atoms with E-state index in [2.05, 4.69) is 4.72 Å². The molecule has 7 heteroatoms. The third-order valence-corrected chi connectivity index (χ3v) is 4.63. The van der Waals surface area contributed by atoms with Crippen molar-refractivity contribution in [3.05, 3.63) is 53.6 Å². The lowest BCUT2D eigenvalue weighted by atomic mass is 10.2. The largest absolute Gasteiger partial charge is 0.497 e. The Morgan fingerprint density at radius 1 is 1.18 bits per heavy atom. The van der Waals surface area contributed by atoms with E-state index in [1.165, 1.54) is 25.3 Å². The summed E-state index contributed by atoms with van der Waals surface area (Å²) in [7, 11) is -2.33. The van der Waals surface area contributed by atoms with Crippen molar-refractivity contribution in [2.24, 2.45) is 5.73 Å². The number of ether oxygens (including phenoxy) is 1. The monoisotopic (exact) mass is 320 g/mol. The Morgan fingerprint density at radius 2 is 1.86 bits per heavy atom. The highest BCUT2D eigenvalue weighted by molar-refractivity contribution is 7.92. The molecule has 0 aliphatic rings. The SMILES string of the molecule is COc1ccc(S(=O)(=O)Nc2ccccc2C(N)=O)c(C)c1. The second-order valence-electron chi connectivity index (χ2n) is 4.65. The maximum Gasteiger partial charge on any atom is 0.262 e. The van der Waals surface area contributed by atoms with Crippen molar-refractivity contribution in [1.29, 1.82) is 0 Å². The summed E-state index contributed by atoms with van der Waals surface area (Å²) >= 11 is 0. The van der Waals surface area contributed by atoms with Gasteiger partial charge in [-0.2, -0.15) is 0 Å². The first kappa shape index (κ1) is 15.8. The van der Waals surface area contributed by atoms with Gasteiger partial charge in [-0.25, -0.2) is 8.42 Å². The molecule has 0 fully saturated rings. The Balaban J connectivity index is 2.43. The summed E-state index contributed by atoms with van der Waals surface area (Å²) in [5, 5.41) is 0. The first-order valence-electron chi connectivity index (χ1n) is 6.41. The lowest BCUT2D eigenvalue weighted by molar-refractivity contribution is 0.100. The zero-order valence-electron chi connectivity index (χ0n) is 12.2. The van der Waals surface area contributed by atoms with Crippen LogP contribution in [0.3, 0.4) is 0 Å². The van der Waals surface area contributed by atoms with E-state index in [4.69, 9.17) is 10.5 Å². The van der Waals surface area contributed by atoms with Crippen molar-refractivity contribution in [3.63, 3.8) is 0 Å². The summed E-state index contributed by atoms with van der Waals surface area (Å²) in [5.41, 5.74) is 6.03. The van der Waals surface area contributed by atoms with Gasteiger partial charge in [-0.15, -0.1) is 0 Å². The Morgan fingerprint density at radius 3 is 2.45 bits per heavy atom. The molecular weight excluding hydrogens is 304 g/mol. The molecule has 2 aromatic rings. The van der Waals surface area contributed by atoms with Crippen LogP contribution in [0.1, 0.15) is 15.9 Å². The summed E-state index contributed by atoms with van der Waals surface area (Å²) in [6, 6.07) is 10.8. The maximum atomic E-state index is 12.5. The van der Waals surface area contributed by atoms with Gasteiger partial charge in [0, 0.05) is 0 Å². The van der Waals surface area contributed by atoms with Crippen molar-refractivity contribution >= 4 is 21.6 Å². The number of amides is 1. The number of anilines is 1. The summed E-state index contributed by atoms with van der Waals surface area (Å²) in [4.78, 5) is 11.5. The number of benzene rings is 2. The van der Waals surface area contributed by atoms with Gasteiger partial charge in [0.25, 0.3) is 15.9 Å². The number of nitrogens with two attached hydrogens (primary N) is 1. The van der Waals surface area contributed by atoms with Crippen molar-refractivity contribution in [2.45, 2.75) is 11.8 Å². The third kappa shape index (κ3) is 3.20. The molecule has 116 valence electrons. The molecule has 6 nitrogen and oxygen atoms in total. The van der Waals surface area contributed by atoms with Gasteiger partial charge in [0.05, 0.1) is 23.3 Å². The summed E-state index contributed by atoms with van der Waals surface area (Å²) in [6.45, 7) is 1.66. The minimum absolute atomic E-state index is 0.104. The molecule has 1 amide bonds. The minimum Gasteiger partial charge on any atom is -0.497 e. The van der Waals surface area contributed by atoms with Crippen LogP contribution >= 0.6 is 0 Å². The number of primary amides is 1. The smallest absolute Gasteiger partial charge is 0.262 e. The number of hydrogen-bond donors (Lipinski definition) is 2. The zero-order valence-corrected chi connectivity index (χ0v) is 13.0. The van der Waals surface area contributed by atoms with E-state index in [0.717, 1.165) is 0 Å². The number of carbonyl (C=O) groups is 1. The van der Waals surface area contributed by atoms with Crippen molar-refractivity contribution in [1.82, 2.24) is 0 Å². The van der Waals surface area contributed by atoms with E-state index in [-0.39, 0.29) is 16.1 Å². The van der Waals surface area contributed by atoms with Crippen LogP contribution in [0.25, 0.3) is 0 Å². The summed E-state index contributed by atoms with van der Waals surface area (Å²) < 4.78 is 32.4. The number of sulfonamides is 1. The number of nitrogens with one attached hydrogen (secondary N) is 1. The number of rotatable bonds is 5. The van der Waals surface area contributed by atoms with Gasteiger partial charge in [0.15, 0.2) is 0 Å². The normalized spacial score (nSPS) is 11.0. The Labute approximate surface area is 129 Å². The Bertz CT molecular complexity index is 816. The van der Waals surface area contributed by atoms with Gasteiger partial charge in [-0.05, 0) is 42.8 Å². The highest BCUT2D eigenvalue weighted by Gasteiger charge is 2.19. The highest BCUT2D eigenvalue weighted by atomic mass is 32.2. The van der Waals surface area contributed by atoms with Crippen molar-refractivity contribution in [3.8, 4) is 5.75 Å². The number of methoxy groups -OCH3 is 1. The standard InChI is InChI=1S/C15H16N2O4S/c1-10-9-11(21-2)7-8-14(10)22(19,20)17-13-6-4-3-5-12(13)15(16)18/h3-9,17H,1-2H3,(H2,16,18). The van der Waals surface area contributed by atoms with Gasteiger partial charge in [0.2, 0.25) is 0 Å². The van der Waals surface area contributed by atoms with Crippen LogP contribution in [-0.2, 0) is 10.0 Å². The Hall–Kier alpha value is -2.54. The molecule has 0 atom stereocenters. The van der Waals surface area contributed by atoms with Crippen LogP contribution in [0.15, 0.2) is 47.4 Å². The van der Waals surface area contributed by atoms with Crippen LogP contribution in [0.2, 0.25) is 0 Å². The predicted molar refractivity (Wildman–Crippen MR) is 83.5 cm³/mol. The summed E-state index contributed by atoms with van der Waals surface area (Å²) in [5.74, 6) is -0.140. The maximum absolute atomic E-state index is 12.5. The second-order valence-corrected chi connectivity index (χ2v) is 6.30. The molecule has 0 aromatic heterocycles. The van der Waals surface area contributed by atoms with E-state index in [0.29, 0.717) is 11.3 Å². The molecule has 0 saturated carbocycles. The first-order chi connectivity index (χ1) is 10.3. The third-order valence-electron chi connectivity index (χ3n) is 3.11. The lowest BCUT2D eigenvalue weighted by Crippen LogP contribution is -2.19. The van der Waals surface area contributed by atoms with Gasteiger partial charge in [-0.1, -0.05) is 12.1 Å². The van der Waals surface area contributed by atoms with Gasteiger partial charge in [-0.3, -0.25) is 9.52 Å². The van der Waals surface area contributed by atoms with E-state index in [1.807, 2.05) is 0 Å². The number of para-hydroxylation sites is 1. The predicted octanol–water partition coefficient (Wildman–Crippen LogP) is 1.90. The minimum atomic E-state index is -3.84. The Kier molecular flexibility index (Phi) is 4.37. The molecule has 2 rings (SSSR count). The van der Waals surface area contributed by atoms with Gasteiger partial charge < -0.3 is 10.5 Å². The zero-order chi connectivity index (χ0) is 16.3. The van der Waals surface area contributed by atoms with Gasteiger partial charge >= 0.3 is 0 Å². The van der Waals surface area contributed by atoms with Crippen LogP contribution in [0.4, 0.5) is 5.69 Å². The molecule has 0 heterocycles. The lowest BCUT2D eigenvalue weighted by Gasteiger charge is -2.13. The fourth-order valence-corrected chi connectivity index (χ4v) is 3.34. The fourth-order valence-electron chi connectivity index (χ4n) is 2.04. The molecule has 0 saturated heterocycles. The van der Waals surface area contributed by atoms with Crippen LogP contribution < -0.4 is 15.2 Å². The van der Waals surface area contributed by atoms with E-state index in [1.54, 1.807) is 31.2 Å². The molecule has 0 unspecified atom stereocenters. The fraction of sp³-hybridized carbons (Fsp3) is 0.133. The van der Waals surface area contributed by atoms with Crippen molar-refractivity contribution in [2.75, 3.05) is 11.8 Å². The molecular formula is C15H16N2O4S. The molecule has 3 N–H and O–H groups in total. The molecule has 0 aliphatic carbocycles. The summed E-state index contributed by atoms with van der Waals surface area (Å²) in [6.07, 6.45) is 0. The molecule has 0 bridgehead atoms. The molecule has 2 aromatic carbocycles. The number of hydrogen-bond acceptors (Lipinski definition) is 4. The number of carbonyl (C=O) groups excluding carboxylic acids is 1. The van der Waals surface area contributed by atoms with Crippen LogP contribution in [0.5, 0.6) is 5.75 Å². The molecule has 22 heavy (non-hydrogen) atoms. The van der Waals surface area contributed by atoms with Gasteiger partial charge in [0.1, 0.15) is 5.75 Å². The highest BCUT2D eigenvalue weighted by Crippen LogP contribution is 2.24. The molecule has 0 aliphatic heterocycles. The van der Waals surface area contributed by atoms with E-state index >= 15 is 0 Å². The topological polar surface area (TPSA) is 98.5 Å². The molecule has 0 radical (unpaired) electrons.